The van der Waals surface area contributed by atoms with Crippen molar-refractivity contribution in [2.45, 2.75) is 19.9 Å². The Hall–Kier alpha value is -1.23. The van der Waals surface area contributed by atoms with Crippen LogP contribution in [0.4, 0.5) is 5.69 Å². The van der Waals surface area contributed by atoms with Crippen LogP contribution in [-0.4, -0.2) is 20.3 Å². The summed E-state index contributed by atoms with van der Waals surface area (Å²) in [6, 6.07) is 8.30. The number of ether oxygens (including phenoxy) is 2. The van der Waals surface area contributed by atoms with Crippen LogP contribution >= 0.6 is 22.9 Å². The maximum Gasteiger partial charge on any atom is 0.142 e. The summed E-state index contributed by atoms with van der Waals surface area (Å²) in [6.07, 6.45) is 0. The lowest BCUT2D eigenvalue weighted by Gasteiger charge is -2.18. The lowest BCUT2D eigenvalue weighted by molar-refractivity contribution is 0.146. The van der Waals surface area contributed by atoms with Gasteiger partial charge in [-0.15, -0.1) is 11.3 Å². The molecule has 1 aromatic carbocycles. The van der Waals surface area contributed by atoms with E-state index in [1.54, 1.807) is 18.4 Å². The first-order chi connectivity index (χ1) is 10.1. The number of hydrogen-bond acceptors (Lipinski definition) is 4. The topological polar surface area (TPSA) is 30.5 Å². The molecule has 21 heavy (non-hydrogen) atoms. The van der Waals surface area contributed by atoms with Gasteiger partial charge in [0.05, 0.1) is 16.6 Å². The van der Waals surface area contributed by atoms with Gasteiger partial charge in [-0.05, 0) is 48.6 Å². The maximum atomic E-state index is 6.00. The monoisotopic (exact) mass is 325 g/mol. The summed E-state index contributed by atoms with van der Waals surface area (Å²) in [6.45, 7) is 5.27. The van der Waals surface area contributed by atoms with Crippen molar-refractivity contribution >= 4 is 28.6 Å². The van der Waals surface area contributed by atoms with Gasteiger partial charge >= 0.3 is 0 Å². The quantitative estimate of drug-likeness (QED) is 0.734. The molecule has 1 heterocycles. The highest BCUT2D eigenvalue weighted by Gasteiger charge is 2.11. The summed E-state index contributed by atoms with van der Waals surface area (Å²) >= 11 is 7.54. The summed E-state index contributed by atoms with van der Waals surface area (Å²) in [4.78, 5) is 0. The Morgan fingerprint density at radius 2 is 2.10 bits per heavy atom. The lowest BCUT2D eigenvalue weighted by atomic mass is 10.1. The molecular weight excluding hydrogens is 306 g/mol. The first-order valence-corrected chi connectivity index (χ1v) is 8.08. The van der Waals surface area contributed by atoms with Crippen molar-refractivity contribution < 1.29 is 9.47 Å². The molecule has 0 aliphatic heterocycles. The molecule has 1 aromatic heterocycles. The highest BCUT2D eigenvalue weighted by molar-refractivity contribution is 7.14. The molecule has 0 aliphatic carbocycles. The van der Waals surface area contributed by atoms with Gasteiger partial charge in [-0.25, -0.2) is 0 Å². The minimum absolute atomic E-state index is 0.168. The Balaban J connectivity index is 2.10. The zero-order chi connectivity index (χ0) is 15.2. The molecule has 0 bridgehead atoms. The number of rotatable bonds is 7. The van der Waals surface area contributed by atoms with Gasteiger partial charge in [0.2, 0.25) is 0 Å². The average Bonchev–Trinajstić information content (AvgIpc) is 2.88. The van der Waals surface area contributed by atoms with Gasteiger partial charge in [-0.3, -0.25) is 0 Å². The number of benzene rings is 1. The zero-order valence-corrected chi connectivity index (χ0v) is 14.1. The van der Waals surface area contributed by atoms with E-state index in [2.05, 4.69) is 30.6 Å². The zero-order valence-electron chi connectivity index (χ0n) is 12.5. The van der Waals surface area contributed by atoms with Crippen LogP contribution < -0.4 is 10.1 Å². The molecule has 0 amide bonds. The fourth-order valence-electron chi connectivity index (χ4n) is 1.97. The van der Waals surface area contributed by atoms with E-state index in [1.807, 2.05) is 18.2 Å². The average molecular weight is 326 g/mol. The summed E-state index contributed by atoms with van der Waals surface area (Å²) in [5, 5.41) is 5.55. The lowest BCUT2D eigenvalue weighted by Crippen LogP contribution is -2.10. The molecule has 114 valence electrons. The summed E-state index contributed by atoms with van der Waals surface area (Å²) < 4.78 is 11.6. The van der Waals surface area contributed by atoms with Crippen LogP contribution in [0, 0.1) is 6.92 Å². The Morgan fingerprint density at radius 3 is 2.76 bits per heavy atom. The van der Waals surface area contributed by atoms with Crippen LogP contribution in [0.15, 0.2) is 29.6 Å². The van der Waals surface area contributed by atoms with E-state index >= 15 is 0 Å². The molecule has 0 saturated carbocycles. The summed E-state index contributed by atoms with van der Waals surface area (Å²) in [5.74, 6) is 0.847. The second kappa shape index (κ2) is 7.69. The third kappa shape index (κ3) is 4.63. The van der Waals surface area contributed by atoms with Crippen molar-refractivity contribution in [3.05, 3.63) is 45.1 Å². The van der Waals surface area contributed by atoms with Crippen LogP contribution in [0.2, 0.25) is 4.34 Å². The molecule has 0 saturated heterocycles. The van der Waals surface area contributed by atoms with Crippen LogP contribution in [0.25, 0.3) is 0 Å². The molecule has 5 heteroatoms. The van der Waals surface area contributed by atoms with Crippen molar-refractivity contribution in [1.82, 2.24) is 0 Å². The number of aryl methyl sites for hydroxylation is 1. The van der Waals surface area contributed by atoms with E-state index in [9.17, 15) is 0 Å². The van der Waals surface area contributed by atoms with Gasteiger partial charge in [0.1, 0.15) is 12.4 Å². The van der Waals surface area contributed by atoms with Crippen molar-refractivity contribution in [3.63, 3.8) is 0 Å². The Kier molecular flexibility index (Phi) is 5.91. The second-order valence-corrected chi connectivity index (χ2v) is 6.43. The molecule has 1 N–H and O–H groups in total. The van der Waals surface area contributed by atoms with Crippen molar-refractivity contribution in [2.75, 3.05) is 25.6 Å². The fourth-order valence-corrected chi connectivity index (χ4v) is 2.95. The molecule has 2 aromatic rings. The highest BCUT2D eigenvalue weighted by Crippen LogP contribution is 2.31. The van der Waals surface area contributed by atoms with Gasteiger partial charge in [0.15, 0.2) is 0 Å². The standard InChI is InChI=1S/C16H20ClNO2S/c1-11-4-5-14(15(8-11)20-7-6-19-3)18-12(2)13-9-16(17)21-10-13/h4-5,8-10,12,18H,6-7H2,1-3H3. The third-order valence-corrected chi connectivity index (χ3v) is 4.25. The molecule has 0 radical (unpaired) electrons. The molecular formula is C16H20ClNO2S. The number of thiophene rings is 1. The molecule has 0 spiro atoms. The van der Waals surface area contributed by atoms with Crippen LogP contribution in [-0.2, 0) is 4.74 Å². The predicted molar refractivity (Wildman–Crippen MR) is 89.9 cm³/mol. The van der Waals surface area contributed by atoms with Gasteiger partial charge in [-0.1, -0.05) is 17.7 Å². The number of anilines is 1. The fraction of sp³-hybridized carbons (Fsp3) is 0.375. The van der Waals surface area contributed by atoms with Crippen LogP contribution in [0.3, 0.4) is 0 Å². The summed E-state index contributed by atoms with van der Waals surface area (Å²) in [5.41, 5.74) is 3.32. The number of methoxy groups -OCH3 is 1. The first kappa shape index (κ1) is 16.1. The van der Waals surface area contributed by atoms with E-state index in [4.69, 9.17) is 21.1 Å². The Bertz CT molecular complexity index is 585. The maximum absolute atomic E-state index is 6.00. The Morgan fingerprint density at radius 1 is 1.29 bits per heavy atom. The van der Waals surface area contributed by atoms with Crippen LogP contribution in [0.5, 0.6) is 5.75 Å². The van der Waals surface area contributed by atoms with E-state index in [-0.39, 0.29) is 6.04 Å². The normalized spacial score (nSPS) is 12.2. The van der Waals surface area contributed by atoms with E-state index in [1.165, 1.54) is 11.1 Å². The second-order valence-electron chi connectivity index (χ2n) is 4.89. The minimum Gasteiger partial charge on any atom is -0.489 e. The third-order valence-electron chi connectivity index (χ3n) is 3.14. The molecule has 0 aliphatic rings. The van der Waals surface area contributed by atoms with Crippen molar-refractivity contribution in [1.29, 1.82) is 0 Å². The number of halogens is 1. The minimum atomic E-state index is 0.168. The van der Waals surface area contributed by atoms with Crippen molar-refractivity contribution in [3.8, 4) is 5.75 Å². The van der Waals surface area contributed by atoms with E-state index < -0.39 is 0 Å². The highest BCUT2D eigenvalue weighted by atomic mass is 35.5. The van der Waals surface area contributed by atoms with Gasteiger partial charge in [-0.2, -0.15) is 0 Å². The SMILES string of the molecule is COCCOc1cc(C)ccc1NC(C)c1csc(Cl)c1. The van der Waals surface area contributed by atoms with E-state index in [0.29, 0.717) is 13.2 Å². The summed E-state index contributed by atoms with van der Waals surface area (Å²) in [7, 11) is 1.67. The molecule has 2 rings (SSSR count). The molecule has 0 fully saturated rings. The van der Waals surface area contributed by atoms with Crippen molar-refractivity contribution in [2.24, 2.45) is 0 Å². The Labute approximate surface area is 134 Å². The number of nitrogens with one attached hydrogen (secondary N) is 1. The van der Waals surface area contributed by atoms with Crippen LogP contribution in [0.1, 0.15) is 24.1 Å². The smallest absolute Gasteiger partial charge is 0.142 e. The van der Waals surface area contributed by atoms with E-state index in [0.717, 1.165) is 15.8 Å². The molecule has 1 unspecified atom stereocenters. The predicted octanol–water partition coefficient (Wildman–Crippen LogP) is 4.91. The number of hydrogen-bond donors (Lipinski definition) is 1. The first-order valence-electron chi connectivity index (χ1n) is 6.83. The largest absolute Gasteiger partial charge is 0.489 e. The van der Waals surface area contributed by atoms with Gasteiger partial charge < -0.3 is 14.8 Å². The molecule has 3 nitrogen and oxygen atoms in total. The molecule has 1 atom stereocenters. The van der Waals surface area contributed by atoms with Gasteiger partial charge in [0, 0.05) is 13.2 Å². The van der Waals surface area contributed by atoms with Gasteiger partial charge in [0.25, 0.3) is 0 Å².